The van der Waals surface area contributed by atoms with Crippen LogP contribution in [0.25, 0.3) is 0 Å². The molecular weight excluding hydrogens is 164 g/mol. The smallest absolute Gasteiger partial charge is 0.449 e. The van der Waals surface area contributed by atoms with Crippen molar-refractivity contribution in [2.75, 3.05) is 0 Å². The van der Waals surface area contributed by atoms with E-state index in [2.05, 4.69) is 0 Å². The van der Waals surface area contributed by atoms with Crippen LogP contribution in [-0.2, 0) is 0 Å². The molecule has 1 aliphatic carbocycles. The highest BCUT2D eigenvalue weighted by Gasteiger charge is 2.27. The summed E-state index contributed by atoms with van der Waals surface area (Å²) in [5.41, 5.74) is 0. The Morgan fingerprint density at radius 3 is 1.83 bits per heavy atom. The van der Waals surface area contributed by atoms with Gasteiger partial charge in [0, 0.05) is 0 Å². The zero-order valence-electron chi connectivity index (χ0n) is 7.24. The van der Waals surface area contributed by atoms with E-state index in [1.54, 1.807) is 0 Å². The molecule has 0 atom stereocenters. The Labute approximate surface area is 71.6 Å². The minimum atomic E-state index is -4.54. The average molecular weight is 179 g/mol. The number of rotatable bonds is 2. The Balaban J connectivity index is 2.30. The molecule has 0 nitrogen and oxygen atoms in total. The van der Waals surface area contributed by atoms with Gasteiger partial charge in [-0.25, -0.2) is 0 Å². The first-order valence-electron chi connectivity index (χ1n) is 4.79. The molecule has 0 saturated heterocycles. The zero-order valence-corrected chi connectivity index (χ0v) is 7.24. The van der Waals surface area contributed by atoms with Gasteiger partial charge in [-0.05, 0) is 0 Å². The number of hydrogen-bond donors (Lipinski definition) is 0. The van der Waals surface area contributed by atoms with Crippen molar-refractivity contribution in [3.63, 3.8) is 0 Å². The van der Waals surface area contributed by atoms with Crippen molar-refractivity contribution in [2.24, 2.45) is 5.92 Å². The highest BCUT2D eigenvalue weighted by molar-refractivity contribution is 6.58. The van der Waals surface area contributed by atoms with Crippen LogP contribution in [0.1, 0.15) is 38.5 Å². The fourth-order valence-corrected chi connectivity index (χ4v) is 1.98. The Morgan fingerprint density at radius 2 is 1.42 bits per heavy atom. The summed E-state index contributed by atoms with van der Waals surface area (Å²) in [6.07, 6.45) is 5.33. The molecule has 0 heterocycles. The van der Waals surface area contributed by atoms with Gasteiger partial charge >= 0.3 is 6.98 Å². The van der Waals surface area contributed by atoms with E-state index in [0.717, 1.165) is 38.5 Å². The van der Waals surface area contributed by atoms with E-state index in [0.29, 0.717) is 0 Å². The van der Waals surface area contributed by atoms with Crippen molar-refractivity contribution in [3.8, 4) is 0 Å². The number of hydrogen-bond acceptors (Lipinski definition) is 0. The highest BCUT2D eigenvalue weighted by atomic mass is 19.4. The van der Waals surface area contributed by atoms with Gasteiger partial charge in [0.05, 0.1) is 0 Å². The molecule has 0 aromatic carbocycles. The Kier molecular flexibility index (Phi) is 3.47. The van der Waals surface area contributed by atoms with Gasteiger partial charge in [0.2, 0.25) is 0 Å². The van der Waals surface area contributed by atoms with Crippen LogP contribution in [0, 0.1) is 5.92 Å². The topological polar surface area (TPSA) is 0 Å². The quantitative estimate of drug-likeness (QED) is 0.446. The molecule has 1 saturated carbocycles. The second kappa shape index (κ2) is 4.19. The molecule has 1 fully saturated rings. The summed E-state index contributed by atoms with van der Waals surface area (Å²) in [5.74, 6) is -0.0625. The maximum absolute atomic E-state index is 12.0. The van der Waals surface area contributed by atoms with Crippen molar-refractivity contribution in [3.05, 3.63) is 0 Å². The van der Waals surface area contributed by atoms with Crippen molar-refractivity contribution in [1.29, 1.82) is 0 Å². The summed E-state index contributed by atoms with van der Waals surface area (Å²) in [6.45, 7) is -4.54. The van der Waals surface area contributed by atoms with Crippen molar-refractivity contribution in [2.45, 2.75) is 44.8 Å². The fourth-order valence-electron chi connectivity index (χ4n) is 1.98. The fraction of sp³-hybridized carbons (Fsp3) is 1.00. The molecule has 0 bridgehead atoms. The molecule has 4 heteroatoms. The van der Waals surface area contributed by atoms with Gasteiger partial charge in [0.1, 0.15) is 0 Å². The summed E-state index contributed by atoms with van der Waals surface area (Å²) in [4.78, 5) is 0. The summed E-state index contributed by atoms with van der Waals surface area (Å²) < 4.78 is 36.1. The summed E-state index contributed by atoms with van der Waals surface area (Å²) in [5, 5.41) is 0. The lowest BCUT2D eigenvalue weighted by Gasteiger charge is -2.21. The lowest BCUT2D eigenvalue weighted by atomic mass is 9.75. The first-order chi connectivity index (χ1) is 5.58. The predicted octanol–water partition coefficient (Wildman–Crippen LogP) is 3.80. The van der Waals surface area contributed by atoms with Gasteiger partial charge in [-0.1, -0.05) is 50.8 Å². The standard InChI is InChI=1S/C8H15BF3/c10-9(11,12)7-8-5-3-1-2-4-6-8/h8H,1-7H2/q-1. The van der Waals surface area contributed by atoms with E-state index in [4.69, 9.17) is 0 Å². The molecule has 0 radical (unpaired) electrons. The molecule has 0 amide bonds. The molecule has 1 aliphatic rings. The summed E-state index contributed by atoms with van der Waals surface area (Å²) >= 11 is 0. The Hall–Kier alpha value is -0.145. The largest absolute Gasteiger partial charge is 0.478 e. The second-order valence-electron chi connectivity index (χ2n) is 3.80. The molecule has 0 unspecified atom stereocenters. The van der Waals surface area contributed by atoms with E-state index >= 15 is 0 Å². The van der Waals surface area contributed by atoms with E-state index in [1.165, 1.54) is 0 Å². The maximum Gasteiger partial charge on any atom is 0.478 e. The normalized spacial score (nSPS) is 22.2. The van der Waals surface area contributed by atoms with Gasteiger partial charge in [-0.15, -0.1) is 0 Å². The van der Waals surface area contributed by atoms with E-state index in [-0.39, 0.29) is 5.92 Å². The van der Waals surface area contributed by atoms with Crippen molar-refractivity contribution >= 4 is 6.98 Å². The van der Waals surface area contributed by atoms with E-state index < -0.39 is 13.3 Å². The molecule has 72 valence electrons. The number of halogens is 3. The molecule has 0 aromatic heterocycles. The van der Waals surface area contributed by atoms with Crippen LogP contribution < -0.4 is 0 Å². The monoisotopic (exact) mass is 179 g/mol. The third-order valence-corrected chi connectivity index (χ3v) is 2.58. The predicted molar refractivity (Wildman–Crippen MR) is 45.1 cm³/mol. The van der Waals surface area contributed by atoms with Gasteiger partial charge < -0.3 is 12.9 Å². The van der Waals surface area contributed by atoms with Crippen LogP contribution in [0.4, 0.5) is 12.9 Å². The van der Waals surface area contributed by atoms with E-state index in [1.807, 2.05) is 0 Å². The molecule has 1 rings (SSSR count). The molecular formula is C8H15BF3-. The molecule has 0 aliphatic heterocycles. The van der Waals surface area contributed by atoms with Crippen LogP contribution >= 0.6 is 0 Å². The Bertz CT molecular complexity index is 125. The summed E-state index contributed by atoms with van der Waals surface area (Å²) in [7, 11) is 0. The second-order valence-corrected chi connectivity index (χ2v) is 3.80. The molecule has 0 N–H and O–H groups in total. The minimum Gasteiger partial charge on any atom is -0.449 e. The first kappa shape index (κ1) is 9.94. The van der Waals surface area contributed by atoms with Crippen LogP contribution in [0.5, 0.6) is 0 Å². The van der Waals surface area contributed by atoms with E-state index in [9.17, 15) is 12.9 Å². The van der Waals surface area contributed by atoms with Crippen molar-refractivity contribution < 1.29 is 12.9 Å². The lowest BCUT2D eigenvalue weighted by Crippen LogP contribution is -2.19. The zero-order chi connectivity index (χ0) is 9.03. The maximum atomic E-state index is 12.0. The molecule has 12 heavy (non-hydrogen) atoms. The van der Waals surface area contributed by atoms with Crippen LogP contribution in [0.2, 0.25) is 6.32 Å². The van der Waals surface area contributed by atoms with Crippen LogP contribution in [0.15, 0.2) is 0 Å². The SMILES string of the molecule is F[B-](F)(F)CC1CCCCCC1. The Morgan fingerprint density at radius 1 is 0.917 bits per heavy atom. The summed E-state index contributed by atoms with van der Waals surface area (Å²) in [6, 6.07) is 0. The molecule has 0 spiro atoms. The van der Waals surface area contributed by atoms with Crippen molar-refractivity contribution in [1.82, 2.24) is 0 Å². The molecule has 0 aromatic rings. The highest BCUT2D eigenvalue weighted by Crippen LogP contribution is 2.31. The van der Waals surface area contributed by atoms with Gasteiger partial charge in [-0.2, -0.15) is 0 Å². The van der Waals surface area contributed by atoms with Crippen LogP contribution in [-0.4, -0.2) is 6.98 Å². The first-order valence-corrected chi connectivity index (χ1v) is 4.79. The third kappa shape index (κ3) is 4.03. The lowest BCUT2D eigenvalue weighted by molar-refractivity contribution is 0.405. The van der Waals surface area contributed by atoms with Crippen LogP contribution in [0.3, 0.4) is 0 Å². The van der Waals surface area contributed by atoms with Gasteiger partial charge in [0.25, 0.3) is 0 Å². The average Bonchev–Trinajstić information content (AvgIpc) is 2.12. The van der Waals surface area contributed by atoms with Gasteiger partial charge in [0.15, 0.2) is 0 Å². The minimum absolute atomic E-state index is 0.0625. The third-order valence-electron chi connectivity index (χ3n) is 2.58. The van der Waals surface area contributed by atoms with Gasteiger partial charge in [-0.3, -0.25) is 0 Å².